The summed E-state index contributed by atoms with van der Waals surface area (Å²) in [5.74, 6) is 0.833. The van der Waals surface area contributed by atoms with Crippen LogP contribution in [0.4, 0.5) is 0 Å². The third-order valence-corrected chi connectivity index (χ3v) is 4.06. The minimum atomic E-state index is -0.556. The van der Waals surface area contributed by atoms with Crippen LogP contribution in [-0.2, 0) is 0 Å². The van der Waals surface area contributed by atoms with E-state index in [0.717, 1.165) is 0 Å². The van der Waals surface area contributed by atoms with Gasteiger partial charge in [-0.3, -0.25) is 4.79 Å². The molecule has 0 aromatic heterocycles. The maximum absolute atomic E-state index is 12.6. The molecule has 0 heterocycles. The van der Waals surface area contributed by atoms with Gasteiger partial charge in [0.05, 0.1) is 28.4 Å². The number of halogens is 1. The monoisotopic (exact) mass is 378 g/mol. The molecule has 1 N–H and O–H groups in total. The number of hydrogen-bond donors (Lipinski definition) is 1. The SMILES string of the molecule is COc1ccc(C(=O)C(Cl)=C(O)c2ccc(OC)c(OC)c2)cc1OC. The highest BCUT2D eigenvalue weighted by Crippen LogP contribution is 2.33. The number of ketones is 1. The third kappa shape index (κ3) is 3.86. The van der Waals surface area contributed by atoms with Gasteiger partial charge in [-0.15, -0.1) is 0 Å². The van der Waals surface area contributed by atoms with Crippen molar-refractivity contribution in [1.29, 1.82) is 0 Å². The highest BCUT2D eigenvalue weighted by Gasteiger charge is 2.19. The molecule has 26 heavy (non-hydrogen) atoms. The summed E-state index contributed by atoms with van der Waals surface area (Å²) >= 11 is 6.13. The molecule has 0 aliphatic carbocycles. The minimum Gasteiger partial charge on any atom is -0.506 e. The standard InChI is InChI=1S/C19H19ClO6/c1-23-13-7-5-11(9-15(13)25-3)18(21)17(20)19(22)12-6-8-14(24-2)16(10-12)26-4/h5-10,21H,1-4H3. The van der Waals surface area contributed by atoms with Gasteiger partial charge in [0.25, 0.3) is 0 Å². The molecule has 0 amide bonds. The summed E-state index contributed by atoms with van der Waals surface area (Å²) in [4.78, 5) is 12.6. The third-order valence-electron chi connectivity index (χ3n) is 3.71. The molecule has 0 aliphatic rings. The van der Waals surface area contributed by atoms with E-state index in [1.54, 1.807) is 18.2 Å². The summed E-state index contributed by atoms with van der Waals surface area (Å²) in [5.41, 5.74) is 0.571. The van der Waals surface area contributed by atoms with Crippen LogP contribution >= 0.6 is 11.6 Å². The lowest BCUT2D eigenvalue weighted by molar-refractivity contribution is 0.104. The van der Waals surface area contributed by atoms with Crippen molar-refractivity contribution in [3.63, 3.8) is 0 Å². The van der Waals surface area contributed by atoms with E-state index in [0.29, 0.717) is 28.6 Å². The van der Waals surface area contributed by atoms with Crippen LogP contribution in [-0.4, -0.2) is 39.3 Å². The molecule has 0 aliphatic heterocycles. The van der Waals surface area contributed by atoms with Crippen molar-refractivity contribution < 1.29 is 28.8 Å². The molecule has 138 valence electrons. The molecule has 2 aromatic rings. The summed E-state index contributed by atoms with van der Waals surface area (Å²) in [5, 5.41) is 10.1. The van der Waals surface area contributed by atoms with Crippen LogP contribution in [0, 0.1) is 0 Å². The van der Waals surface area contributed by atoms with Gasteiger partial charge in [0.2, 0.25) is 5.78 Å². The lowest BCUT2D eigenvalue weighted by atomic mass is 10.1. The van der Waals surface area contributed by atoms with Crippen LogP contribution in [0.25, 0.3) is 5.76 Å². The van der Waals surface area contributed by atoms with E-state index in [1.165, 1.54) is 46.6 Å². The largest absolute Gasteiger partial charge is 0.506 e. The predicted molar refractivity (Wildman–Crippen MR) is 98.8 cm³/mol. The Morgan fingerprint density at radius 1 is 0.769 bits per heavy atom. The molecule has 0 saturated heterocycles. The van der Waals surface area contributed by atoms with E-state index in [9.17, 15) is 9.90 Å². The lowest BCUT2D eigenvalue weighted by Gasteiger charge is -2.11. The summed E-state index contributed by atoms with van der Waals surface area (Å²) in [6.45, 7) is 0. The molecule has 0 bridgehead atoms. The lowest BCUT2D eigenvalue weighted by Crippen LogP contribution is -2.03. The molecule has 2 rings (SSSR count). The van der Waals surface area contributed by atoms with Crippen molar-refractivity contribution in [2.24, 2.45) is 0 Å². The first-order valence-corrected chi connectivity index (χ1v) is 7.92. The molecular weight excluding hydrogens is 360 g/mol. The quantitative estimate of drug-likeness (QED) is 0.444. The van der Waals surface area contributed by atoms with Crippen LogP contribution in [0.1, 0.15) is 15.9 Å². The first kappa shape index (κ1) is 19.5. The molecule has 0 atom stereocenters. The molecule has 6 nitrogen and oxygen atoms in total. The van der Waals surface area contributed by atoms with E-state index in [-0.39, 0.29) is 16.4 Å². The Labute approximate surface area is 156 Å². The molecule has 0 radical (unpaired) electrons. The zero-order valence-electron chi connectivity index (χ0n) is 14.8. The number of allylic oxidation sites excluding steroid dienone is 1. The normalized spacial score (nSPS) is 11.4. The van der Waals surface area contributed by atoms with E-state index < -0.39 is 5.78 Å². The van der Waals surface area contributed by atoms with Gasteiger partial charge in [0.1, 0.15) is 10.8 Å². The number of aliphatic hydroxyl groups is 1. The number of rotatable bonds is 7. The minimum absolute atomic E-state index is 0.250. The Balaban J connectivity index is 2.42. The maximum atomic E-state index is 12.6. The van der Waals surface area contributed by atoms with Crippen LogP contribution in [0.3, 0.4) is 0 Å². The molecule has 7 heteroatoms. The molecule has 0 saturated carbocycles. The predicted octanol–water partition coefficient (Wildman–Crippen LogP) is 4.07. The Hall–Kier alpha value is -2.86. The van der Waals surface area contributed by atoms with Gasteiger partial charge in [-0.2, -0.15) is 0 Å². The van der Waals surface area contributed by atoms with Gasteiger partial charge in [-0.25, -0.2) is 0 Å². The maximum Gasteiger partial charge on any atom is 0.208 e. The Morgan fingerprint density at radius 2 is 1.19 bits per heavy atom. The number of ether oxygens (including phenoxy) is 4. The average Bonchev–Trinajstić information content (AvgIpc) is 2.70. The van der Waals surface area contributed by atoms with Gasteiger partial charge in [0, 0.05) is 11.1 Å². The molecule has 0 spiro atoms. The fraction of sp³-hybridized carbons (Fsp3) is 0.211. The first-order chi connectivity index (χ1) is 12.5. The number of Topliss-reactive ketones (excluding diaryl/α,β-unsaturated/α-hetero) is 1. The Morgan fingerprint density at radius 3 is 1.65 bits per heavy atom. The smallest absolute Gasteiger partial charge is 0.208 e. The molecule has 0 fully saturated rings. The van der Waals surface area contributed by atoms with Crippen LogP contribution in [0.15, 0.2) is 41.4 Å². The van der Waals surface area contributed by atoms with Gasteiger partial charge >= 0.3 is 0 Å². The fourth-order valence-electron chi connectivity index (χ4n) is 2.32. The molecular formula is C19H19ClO6. The van der Waals surface area contributed by atoms with Crippen molar-refractivity contribution in [2.75, 3.05) is 28.4 Å². The van der Waals surface area contributed by atoms with Crippen molar-refractivity contribution >= 4 is 23.1 Å². The van der Waals surface area contributed by atoms with Crippen molar-refractivity contribution in [1.82, 2.24) is 0 Å². The van der Waals surface area contributed by atoms with Crippen LogP contribution in [0.5, 0.6) is 23.0 Å². The van der Waals surface area contributed by atoms with Gasteiger partial charge in [0.15, 0.2) is 23.0 Å². The molecule has 0 unspecified atom stereocenters. The van der Waals surface area contributed by atoms with Gasteiger partial charge in [-0.05, 0) is 36.4 Å². The van der Waals surface area contributed by atoms with E-state index >= 15 is 0 Å². The zero-order chi connectivity index (χ0) is 19.3. The van der Waals surface area contributed by atoms with Crippen molar-refractivity contribution in [2.45, 2.75) is 0 Å². The van der Waals surface area contributed by atoms with Gasteiger partial charge in [-0.1, -0.05) is 11.6 Å². The van der Waals surface area contributed by atoms with Crippen molar-refractivity contribution in [3.8, 4) is 23.0 Å². The summed E-state index contributed by atoms with van der Waals surface area (Å²) in [7, 11) is 5.93. The van der Waals surface area contributed by atoms with Gasteiger partial charge < -0.3 is 24.1 Å². The number of methoxy groups -OCH3 is 4. The highest BCUT2D eigenvalue weighted by atomic mass is 35.5. The second-order valence-electron chi connectivity index (χ2n) is 5.13. The second-order valence-corrected chi connectivity index (χ2v) is 5.51. The fourth-order valence-corrected chi connectivity index (χ4v) is 2.54. The van der Waals surface area contributed by atoms with Crippen LogP contribution < -0.4 is 18.9 Å². The van der Waals surface area contributed by atoms with Crippen LogP contribution in [0.2, 0.25) is 0 Å². The van der Waals surface area contributed by atoms with E-state index in [2.05, 4.69) is 0 Å². The number of benzene rings is 2. The topological polar surface area (TPSA) is 74.2 Å². The first-order valence-electron chi connectivity index (χ1n) is 7.54. The highest BCUT2D eigenvalue weighted by molar-refractivity contribution is 6.47. The van der Waals surface area contributed by atoms with E-state index in [1.807, 2.05) is 0 Å². The Bertz CT molecular complexity index is 844. The van der Waals surface area contributed by atoms with E-state index in [4.69, 9.17) is 30.5 Å². The molecule has 2 aromatic carbocycles. The number of hydrogen-bond acceptors (Lipinski definition) is 6. The summed E-state index contributed by atoms with van der Waals surface area (Å²) < 4.78 is 20.7. The number of aliphatic hydroxyl groups excluding tert-OH is 1. The summed E-state index contributed by atoms with van der Waals surface area (Å²) in [6.07, 6.45) is 0. The Kier molecular flexibility index (Phi) is 6.36. The summed E-state index contributed by atoms with van der Waals surface area (Å²) in [6, 6.07) is 9.32. The van der Waals surface area contributed by atoms with Crippen molar-refractivity contribution in [3.05, 3.63) is 52.6 Å². The number of carbonyl (C=O) groups is 1. The zero-order valence-corrected chi connectivity index (χ0v) is 15.6. The second kappa shape index (κ2) is 8.49. The average molecular weight is 379 g/mol. The number of carbonyl (C=O) groups excluding carboxylic acids is 1.